The number of methoxy groups -OCH3 is 1. The second kappa shape index (κ2) is 8.31. The van der Waals surface area contributed by atoms with Gasteiger partial charge >= 0.3 is 0 Å². The van der Waals surface area contributed by atoms with Crippen molar-refractivity contribution < 1.29 is 9.53 Å². The third-order valence-electron chi connectivity index (χ3n) is 8.34. The van der Waals surface area contributed by atoms with Crippen molar-refractivity contribution in [2.45, 2.75) is 56.4 Å². The zero-order valence-corrected chi connectivity index (χ0v) is 18.6. The van der Waals surface area contributed by atoms with Crippen molar-refractivity contribution in [3.8, 4) is 5.75 Å². The topological polar surface area (TPSA) is 41.6 Å². The van der Waals surface area contributed by atoms with E-state index in [2.05, 4.69) is 64.8 Å². The zero-order valence-electron chi connectivity index (χ0n) is 18.6. The molecule has 5 rings (SSSR count). The summed E-state index contributed by atoms with van der Waals surface area (Å²) in [6.45, 7) is 2.70. The Morgan fingerprint density at radius 2 is 1.58 bits per heavy atom. The minimum absolute atomic E-state index is 0.0315. The van der Waals surface area contributed by atoms with E-state index in [0.717, 1.165) is 38.2 Å². The van der Waals surface area contributed by atoms with Crippen LogP contribution in [0.2, 0.25) is 0 Å². The Labute approximate surface area is 186 Å². The molecular weight excluding hydrogens is 384 g/mol. The molecular formula is C27H34N2O2. The first-order valence-corrected chi connectivity index (χ1v) is 11.9. The molecule has 4 nitrogen and oxygen atoms in total. The number of amides is 1. The first-order chi connectivity index (χ1) is 15.2. The van der Waals surface area contributed by atoms with Gasteiger partial charge in [-0.1, -0.05) is 67.8 Å². The molecule has 1 N–H and O–H groups in total. The summed E-state index contributed by atoms with van der Waals surface area (Å²) >= 11 is 0. The van der Waals surface area contributed by atoms with Gasteiger partial charge in [-0.15, -0.1) is 0 Å². The number of carbonyl (C=O) groups is 1. The maximum Gasteiger partial charge on any atom is 0.227 e. The van der Waals surface area contributed by atoms with Crippen LogP contribution in [-0.2, 0) is 10.3 Å². The molecule has 1 spiro atoms. The Bertz CT molecular complexity index is 912. The van der Waals surface area contributed by atoms with E-state index in [1.807, 2.05) is 0 Å². The van der Waals surface area contributed by atoms with Crippen LogP contribution in [0, 0.1) is 5.41 Å². The van der Waals surface area contributed by atoms with Crippen molar-refractivity contribution in [2.75, 3.05) is 26.7 Å². The first kappa shape index (κ1) is 20.6. The lowest BCUT2D eigenvalue weighted by Crippen LogP contribution is -2.54. The summed E-state index contributed by atoms with van der Waals surface area (Å²) in [5, 5.41) is 3.21. The second-order valence-corrected chi connectivity index (χ2v) is 9.61. The van der Waals surface area contributed by atoms with Crippen LogP contribution in [0.1, 0.15) is 62.0 Å². The van der Waals surface area contributed by atoms with E-state index in [1.54, 1.807) is 7.11 Å². The number of nitrogens with zero attached hydrogens (tertiary/aromatic N) is 1. The predicted octanol–water partition coefficient (Wildman–Crippen LogP) is 4.85. The van der Waals surface area contributed by atoms with E-state index in [4.69, 9.17) is 4.74 Å². The fourth-order valence-electron chi connectivity index (χ4n) is 6.68. The largest absolute Gasteiger partial charge is 0.496 e. The van der Waals surface area contributed by atoms with Gasteiger partial charge in [0.15, 0.2) is 0 Å². The molecule has 1 amide bonds. The number of para-hydroxylation sites is 1. The molecule has 1 atom stereocenters. The number of rotatable bonds is 4. The number of carbonyl (C=O) groups excluding carboxylic acids is 1. The monoisotopic (exact) mass is 418 g/mol. The van der Waals surface area contributed by atoms with Crippen LogP contribution in [-0.4, -0.2) is 37.6 Å². The summed E-state index contributed by atoms with van der Waals surface area (Å²) in [5.74, 6) is 1.54. The van der Waals surface area contributed by atoms with E-state index >= 15 is 0 Å². The van der Waals surface area contributed by atoms with Gasteiger partial charge in [0.05, 0.1) is 12.5 Å². The van der Waals surface area contributed by atoms with E-state index in [9.17, 15) is 4.79 Å². The molecule has 1 unspecified atom stereocenters. The number of nitrogens with one attached hydrogen (secondary N) is 1. The van der Waals surface area contributed by atoms with Gasteiger partial charge in [-0.2, -0.15) is 0 Å². The van der Waals surface area contributed by atoms with E-state index in [-0.39, 0.29) is 22.8 Å². The Morgan fingerprint density at radius 1 is 0.903 bits per heavy atom. The average molecular weight is 419 g/mol. The minimum atomic E-state index is -0.269. The van der Waals surface area contributed by atoms with Crippen LogP contribution in [0.3, 0.4) is 0 Å². The summed E-state index contributed by atoms with van der Waals surface area (Å²) < 4.78 is 5.81. The van der Waals surface area contributed by atoms with Crippen molar-refractivity contribution in [3.63, 3.8) is 0 Å². The van der Waals surface area contributed by atoms with Gasteiger partial charge in [0.2, 0.25) is 5.91 Å². The van der Waals surface area contributed by atoms with Gasteiger partial charge < -0.3 is 10.1 Å². The first-order valence-electron chi connectivity index (χ1n) is 11.9. The normalized spacial score (nSPS) is 25.3. The lowest BCUT2D eigenvalue weighted by molar-refractivity contribution is -0.132. The molecule has 3 aliphatic rings. The fraction of sp³-hybridized carbons (Fsp3) is 0.519. The molecule has 0 radical (unpaired) electrons. The second-order valence-electron chi connectivity index (χ2n) is 9.61. The van der Waals surface area contributed by atoms with Crippen molar-refractivity contribution in [3.05, 3.63) is 65.7 Å². The lowest BCUT2D eigenvalue weighted by atomic mass is 9.66. The van der Waals surface area contributed by atoms with Crippen molar-refractivity contribution >= 4 is 5.91 Å². The standard InChI is InChI=1S/C27H34N2O2/c1-31-24-13-7-6-12-22(24)27(14-8-3-9-15-27)29-18-16-26(17-19-29)23(20-28-25(26)30)21-10-4-2-5-11-21/h2,4-7,10-13,23H,3,8-9,14-20H2,1H3,(H,28,30). The summed E-state index contributed by atoms with van der Waals surface area (Å²) in [5.41, 5.74) is 2.40. The smallest absolute Gasteiger partial charge is 0.227 e. The van der Waals surface area contributed by atoms with Gasteiger partial charge in [0.1, 0.15) is 5.75 Å². The highest BCUT2D eigenvalue weighted by molar-refractivity contribution is 5.86. The molecule has 3 fully saturated rings. The lowest BCUT2D eigenvalue weighted by Gasteiger charge is -2.52. The van der Waals surface area contributed by atoms with Crippen LogP contribution in [0.15, 0.2) is 54.6 Å². The van der Waals surface area contributed by atoms with E-state index < -0.39 is 0 Å². The fourth-order valence-corrected chi connectivity index (χ4v) is 6.68. The molecule has 2 saturated heterocycles. The third-order valence-corrected chi connectivity index (χ3v) is 8.34. The molecule has 2 aromatic carbocycles. The van der Waals surface area contributed by atoms with Gasteiger partial charge in [0, 0.05) is 36.7 Å². The molecule has 0 bridgehead atoms. The molecule has 1 aliphatic carbocycles. The number of hydrogen-bond acceptors (Lipinski definition) is 3. The number of likely N-dealkylation sites (tertiary alicyclic amines) is 1. The molecule has 2 heterocycles. The Kier molecular flexibility index (Phi) is 5.51. The molecule has 1 saturated carbocycles. The van der Waals surface area contributed by atoms with Crippen LogP contribution >= 0.6 is 0 Å². The summed E-state index contributed by atoms with van der Waals surface area (Å²) in [7, 11) is 1.79. The van der Waals surface area contributed by atoms with Crippen LogP contribution in [0.25, 0.3) is 0 Å². The van der Waals surface area contributed by atoms with Gasteiger partial charge in [-0.25, -0.2) is 0 Å². The van der Waals surface area contributed by atoms with Gasteiger partial charge in [-0.3, -0.25) is 9.69 Å². The third kappa shape index (κ3) is 3.36. The Balaban J connectivity index is 1.44. The summed E-state index contributed by atoms with van der Waals surface area (Å²) in [6.07, 6.45) is 8.03. The maximum absolute atomic E-state index is 13.1. The van der Waals surface area contributed by atoms with Crippen LogP contribution in [0.4, 0.5) is 0 Å². The Hall–Kier alpha value is -2.33. The maximum atomic E-state index is 13.1. The Morgan fingerprint density at radius 3 is 2.29 bits per heavy atom. The SMILES string of the molecule is COc1ccccc1C1(N2CCC3(CC2)C(=O)NCC3c2ccccc2)CCCCC1. The highest BCUT2D eigenvalue weighted by atomic mass is 16.5. The summed E-state index contributed by atoms with van der Waals surface area (Å²) in [4.78, 5) is 15.8. The molecule has 0 aromatic heterocycles. The van der Waals surface area contributed by atoms with Crippen molar-refractivity contribution in [1.82, 2.24) is 10.2 Å². The average Bonchev–Trinajstić information content (AvgIpc) is 3.15. The quantitative estimate of drug-likeness (QED) is 0.772. The molecule has 164 valence electrons. The predicted molar refractivity (Wildman–Crippen MR) is 123 cm³/mol. The van der Waals surface area contributed by atoms with E-state index in [0.29, 0.717) is 0 Å². The molecule has 31 heavy (non-hydrogen) atoms. The van der Waals surface area contributed by atoms with Gasteiger partial charge in [0.25, 0.3) is 0 Å². The number of piperidine rings is 1. The zero-order chi connectivity index (χ0) is 21.3. The number of benzene rings is 2. The summed E-state index contributed by atoms with van der Waals surface area (Å²) in [6, 6.07) is 19.2. The van der Waals surface area contributed by atoms with Gasteiger partial charge in [-0.05, 0) is 37.3 Å². The van der Waals surface area contributed by atoms with Crippen molar-refractivity contribution in [1.29, 1.82) is 0 Å². The van der Waals surface area contributed by atoms with E-state index in [1.165, 1.54) is 43.2 Å². The minimum Gasteiger partial charge on any atom is -0.496 e. The molecule has 4 heteroatoms. The number of hydrogen-bond donors (Lipinski definition) is 1. The number of ether oxygens (including phenoxy) is 1. The highest BCUT2D eigenvalue weighted by Crippen LogP contribution is 2.52. The highest BCUT2D eigenvalue weighted by Gasteiger charge is 2.54. The van der Waals surface area contributed by atoms with Crippen molar-refractivity contribution in [2.24, 2.45) is 5.41 Å². The van der Waals surface area contributed by atoms with Crippen LogP contribution in [0.5, 0.6) is 5.75 Å². The molecule has 2 aliphatic heterocycles. The molecule has 2 aromatic rings. The van der Waals surface area contributed by atoms with Crippen LogP contribution < -0.4 is 10.1 Å².